The zero-order valence-corrected chi connectivity index (χ0v) is 19.1. The van der Waals surface area contributed by atoms with Crippen LogP contribution in [0.4, 0.5) is 0 Å². The number of para-hydroxylation sites is 2. The molecule has 0 aliphatic carbocycles. The lowest BCUT2D eigenvalue weighted by Crippen LogP contribution is -2.51. The number of guanidine groups is 1. The van der Waals surface area contributed by atoms with E-state index in [1.54, 1.807) is 14.2 Å². The number of likely N-dealkylation sites (tertiary alicyclic amines) is 1. The van der Waals surface area contributed by atoms with Gasteiger partial charge in [0, 0.05) is 32.1 Å². The largest absolute Gasteiger partial charge is 0.493 e. The van der Waals surface area contributed by atoms with E-state index in [2.05, 4.69) is 29.5 Å². The van der Waals surface area contributed by atoms with Crippen LogP contribution in [-0.2, 0) is 4.79 Å². The van der Waals surface area contributed by atoms with Gasteiger partial charge in [-0.25, -0.2) is 0 Å². The lowest BCUT2D eigenvalue weighted by atomic mass is 9.98. The summed E-state index contributed by atoms with van der Waals surface area (Å²) < 4.78 is 11.3. The molecule has 1 atom stereocenters. The summed E-state index contributed by atoms with van der Waals surface area (Å²) in [6.45, 7) is 8.41. The number of carbonyl (C=O) groups is 1. The van der Waals surface area contributed by atoms with Gasteiger partial charge in [-0.3, -0.25) is 9.79 Å². The molecule has 0 aromatic heterocycles. The first-order valence-corrected chi connectivity index (χ1v) is 11.1. The molecule has 1 saturated heterocycles. The topological polar surface area (TPSA) is 75.2 Å². The Kier molecular flexibility index (Phi) is 9.77. The molecular formula is C23H38N4O3. The normalized spacial score (nSPS) is 16.3. The molecule has 7 heteroatoms. The summed E-state index contributed by atoms with van der Waals surface area (Å²) in [7, 11) is 3.41. The second-order valence-corrected chi connectivity index (χ2v) is 7.79. The van der Waals surface area contributed by atoms with E-state index in [9.17, 15) is 4.79 Å². The van der Waals surface area contributed by atoms with Crippen LogP contribution in [0.1, 0.15) is 46.5 Å². The summed E-state index contributed by atoms with van der Waals surface area (Å²) in [5, 5.41) is 6.82. The summed E-state index contributed by atoms with van der Waals surface area (Å²) >= 11 is 0. The minimum Gasteiger partial charge on any atom is -0.493 e. The lowest BCUT2D eigenvalue weighted by molar-refractivity contribution is -0.136. The Labute approximate surface area is 181 Å². The molecule has 0 bridgehead atoms. The van der Waals surface area contributed by atoms with Crippen molar-refractivity contribution in [3.63, 3.8) is 0 Å². The molecule has 2 rings (SSSR count). The highest BCUT2D eigenvalue weighted by molar-refractivity contribution is 5.80. The van der Waals surface area contributed by atoms with Crippen LogP contribution in [0.5, 0.6) is 11.5 Å². The molecule has 0 radical (unpaired) electrons. The molecular weight excluding hydrogens is 380 g/mol. The fourth-order valence-electron chi connectivity index (χ4n) is 3.74. The highest BCUT2D eigenvalue weighted by atomic mass is 16.5. The molecule has 2 N–H and O–H groups in total. The average molecular weight is 419 g/mol. The smallest absolute Gasteiger partial charge is 0.225 e. The molecule has 1 aliphatic rings. The number of ether oxygens (including phenoxy) is 2. The van der Waals surface area contributed by atoms with Gasteiger partial charge >= 0.3 is 0 Å². The third-order valence-corrected chi connectivity index (χ3v) is 5.66. The zero-order chi connectivity index (χ0) is 21.9. The first-order valence-electron chi connectivity index (χ1n) is 11.1. The minimum absolute atomic E-state index is 0.0562. The number of nitrogens with one attached hydrogen (secondary N) is 2. The number of piperidine rings is 1. The highest BCUT2D eigenvalue weighted by Gasteiger charge is 2.26. The zero-order valence-electron chi connectivity index (χ0n) is 19.1. The van der Waals surface area contributed by atoms with E-state index in [0.717, 1.165) is 56.2 Å². The number of methoxy groups -OCH3 is 1. The molecule has 1 aliphatic heterocycles. The molecule has 1 amide bonds. The monoisotopic (exact) mass is 418 g/mol. The van der Waals surface area contributed by atoms with Gasteiger partial charge in [0.1, 0.15) is 6.10 Å². The quantitative estimate of drug-likeness (QED) is 0.476. The fourth-order valence-corrected chi connectivity index (χ4v) is 3.74. The maximum atomic E-state index is 12.6. The molecule has 168 valence electrons. The van der Waals surface area contributed by atoms with E-state index < -0.39 is 0 Å². The van der Waals surface area contributed by atoms with Crippen molar-refractivity contribution >= 4 is 11.9 Å². The summed E-state index contributed by atoms with van der Waals surface area (Å²) in [4.78, 5) is 18.9. The van der Waals surface area contributed by atoms with Crippen molar-refractivity contribution < 1.29 is 14.3 Å². The predicted octanol–water partition coefficient (Wildman–Crippen LogP) is 3.05. The maximum absolute atomic E-state index is 12.6. The summed E-state index contributed by atoms with van der Waals surface area (Å²) in [5.41, 5.74) is 0. The molecule has 1 fully saturated rings. The minimum atomic E-state index is -0.0562. The second kappa shape index (κ2) is 12.3. The van der Waals surface area contributed by atoms with E-state index in [1.807, 2.05) is 36.1 Å². The molecule has 30 heavy (non-hydrogen) atoms. The molecule has 1 aromatic carbocycles. The number of amides is 1. The predicted molar refractivity (Wildman–Crippen MR) is 121 cm³/mol. The van der Waals surface area contributed by atoms with Crippen molar-refractivity contribution in [2.24, 2.45) is 10.9 Å². The van der Waals surface area contributed by atoms with Gasteiger partial charge in [-0.1, -0.05) is 26.0 Å². The Morgan fingerprint density at radius 2 is 1.83 bits per heavy atom. The van der Waals surface area contributed by atoms with Crippen LogP contribution in [0.2, 0.25) is 0 Å². The molecule has 1 unspecified atom stereocenters. The standard InChI is InChI=1S/C23H38N4O3/c1-6-18(7-2)22(28)27-14-12-19(13-15-27)26-23(24-4)25-16-17(3)30-21-11-9-8-10-20(21)29-5/h8-11,17-19H,6-7,12-16H2,1-5H3,(H2,24,25,26). The SMILES string of the molecule is CCC(CC)C(=O)N1CCC(NC(=NC)NCC(C)Oc2ccccc2OC)CC1. The molecule has 0 saturated carbocycles. The van der Waals surface area contributed by atoms with E-state index >= 15 is 0 Å². The Hall–Kier alpha value is -2.44. The Bertz CT molecular complexity index is 683. The number of rotatable bonds is 9. The summed E-state index contributed by atoms with van der Waals surface area (Å²) in [6, 6.07) is 7.95. The van der Waals surface area contributed by atoms with Crippen molar-refractivity contribution in [2.75, 3.05) is 33.8 Å². The summed E-state index contributed by atoms with van der Waals surface area (Å²) in [5.74, 6) is 2.68. The van der Waals surface area contributed by atoms with Gasteiger partial charge < -0.3 is 25.0 Å². The molecule has 0 spiro atoms. The fraction of sp³-hybridized carbons (Fsp3) is 0.652. The van der Waals surface area contributed by atoms with E-state index in [-0.39, 0.29) is 12.0 Å². The molecule has 1 heterocycles. The summed E-state index contributed by atoms with van der Waals surface area (Å²) in [6.07, 6.45) is 3.64. The van der Waals surface area contributed by atoms with Crippen LogP contribution in [0.15, 0.2) is 29.3 Å². The number of hydrogen-bond acceptors (Lipinski definition) is 4. The van der Waals surface area contributed by atoms with Crippen molar-refractivity contribution in [1.29, 1.82) is 0 Å². The Morgan fingerprint density at radius 3 is 2.40 bits per heavy atom. The van der Waals surface area contributed by atoms with Crippen LogP contribution in [-0.4, -0.2) is 62.7 Å². The van der Waals surface area contributed by atoms with Gasteiger partial charge in [0.15, 0.2) is 17.5 Å². The van der Waals surface area contributed by atoms with Crippen LogP contribution in [0, 0.1) is 5.92 Å². The van der Waals surface area contributed by atoms with Gasteiger partial charge in [0.25, 0.3) is 0 Å². The average Bonchev–Trinajstić information content (AvgIpc) is 2.78. The number of hydrogen-bond donors (Lipinski definition) is 2. The first-order chi connectivity index (χ1) is 14.5. The van der Waals surface area contributed by atoms with Gasteiger partial charge in [-0.2, -0.15) is 0 Å². The van der Waals surface area contributed by atoms with Gasteiger partial charge in [-0.05, 0) is 44.7 Å². The maximum Gasteiger partial charge on any atom is 0.225 e. The van der Waals surface area contributed by atoms with Gasteiger partial charge in [0.2, 0.25) is 5.91 Å². The molecule has 1 aromatic rings. The Morgan fingerprint density at radius 1 is 1.20 bits per heavy atom. The van der Waals surface area contributed by atoms with Crippen LogP contribution in [0.3, 0.4) is 0 Å². The van der Waals surface area contributed by atoms with Crippen LogP contribution < -0.4 is 20.1 Å². The van der Waals surface area contributed by atoms with E-state index in [4.69, 9.17) is 9.47 Å². The van der Waals surface area contributed by atoms with Crippen molar-refractivity contribution in [3.8, 4) is 11.5 Å². The molecule has 7 nitrogen and oxygen atoms in total. The van der Waals surface area contributed by atoms with Crippen molar-refractivity contribution in [1.82, 2.24) is 15.5 Å². The van der Waals surface area contributed by atoms with Crippen molar-refractivity contribution in [3.05, 3.63) is 24.3 Å². The number of aliphatic imine (C=N–C) groups is 1. The number of nitrogens with zero attached hydrogens (tertiary/aromatic N) is 2. The van der Waals surface area contributed by atoms with Gasteiger partial charge in [0.05, 0.1) is 13.7 Å². The van der Waals surface area contributed by atoms with E-state index in [0.29, 0.717) is 18.5 Å². The van der Waals surface area contributed by atoms with Crippen LogP contribution in [0.25, 0.3) is 0 Å². The van der Waals surface area contributed by atoms with Gasteiger partial charge in [-0.15, -0.1) is 0 Å². The Balaban J connectivity index is 1.77. The highest BCUT2D eigenvalue weighted by Crippen LogP contribution is 2.26. The van der Waals surface area contributed by atoms with Crippen molar-refractivity contribution in [2.45, 2.75) is 58.6 Å². The second-order valence-electron chi connectivity index (χ2n) is 7.79. The van der Waals surface area contributed by atoms with Crippen LogP contribution >= 0.6 is 0 Å². The third kappa shape index (κ3) is 6.82. The first kappa shape index (κ1) is 23.8. The number of carbonyl (C=O) groups excluding carboxylic acids is 1. The number of benzene rings is 1. The lowest BCUT2D eigenvalue weighted by Gasteiger charge is -2.35. The van der Waals surface area contributed by atoms with E-state index in [1.165, 1.54) is 0 Å². The third-order valence-electron chi connectivity index (χ3n) is 5.66.